The molecule has 0 aliphatic heterocycles. The summed E-state index contributed by atoms with van der Waals surface area (Å²) in [6.45, 7) is 6.62. The number of rotatable bonds is 7. The van der Waals surface area contributed by atoms with Crippen molar-refractivity contribution in [2.75, 3.05) is 17.6 Å². The van der Waals surface area contributed by atoms with E-state index in [0.717, 1.165) is 5.69 Å². The lowest BCUT2D eigenvalue weighted by molar-refractivity contribution is 0.531. The van der Waals surface area contributed by atoms with Crippen molar-refractivity contribution in [3.8, 4) is 0 Å². The van der Waals surface area contributed by atoms with Crippen molar-refractivity contribution in [1.82, 2.24) is 0 Å². The largest absolute Gasteiger partial charge is 0.381 e. The van der Waals surface area contributed by atoms with E-state index in [2.05, 4.69) is 19.2 Å². The van der Waals surface area contributed by atoms with Crippen molar-refractivity contribution in [3.05, 3.63) is 24.3 Å². The maximum absolute atomic E-state index is 11.9. The minimum absolute atomic E-state index is 0.192. The Labute approximate surface area is 116 Å². The molecule has 0 aliphatic carbocycles. The molecule has 108 valence electrons. The second-order valence-corrected chi connectivity index (χ2v) is 7.18. The van der Waals surface area contributed by atoms with Gasteiger partial charge in [0.25, 0.3) is 0 Å². The summed E-state index contributed by atoms with van der Waals surface area (Å²) in [5.74, 6) is 0.616. The number of anilines is 1. The van der Waals surface area contributed by atoms with E-state index in [-0.39, 0.29) is 11.8 Å². The van der Waals surface area contributed by atoms with Crippen molar-refractivity contribution < 1.29 is 8.42 Å². The van der Waals surface area contributed by atoms with Gasteiger partial charge >= 0.3 is 0 Å². The highest BCUT2D eigenvalue weighted by Gasteiger charge is 2.14. The lowest BCUT2D eigenvalue weighted by Crippen LogP contribution is -2.33. The molecular weight excluding hydrogens is 260 g/mol. The minimum atomic E-state index is -3.13. The molecule has 3 N–H and O–H groups in total. The first-order valence-electron chi connectivity index (χ1n) is 6.70. The van der Waals surface area contributed by atoms with Crippen LogP contribution in [-0.4, -0.2) is 26.8 Å². The highest BCUT2D eigenvalue weighted by Crippen LogP contribution is 2.17. The second kappa shape index (κ2) is 6.91. The SMILES string of the molecule is CCCS(=O)(=O)c1ccc(NC(CN)C(C)C)cc1. The fourth-order valence-electron chi connectivity index (χ4n) is 1.86. The van der Waals surface area contributed by atoms with Crippen LogP contribution in [0.4, 0.5) is 5.69 Å². The normalized spacial score (nSPS) is 13.5. The van der Waals surface area contributed by atoms with Crippen LogP contribution in [0, 0.1) is 5.92 Å². The molecule has 0 heterocycles. The van der Waals surface area contributed by atoms with Crippen LogP contribution in [0.25, 0.3) is 0 Å². The van der Waals surface area contributed by atoms with E-state index in [1.807, 2.05) is 6.92 Å². The zero-order valence-electron chi connectivity index (χ0n) is 11.9. The van der Waals surface area contributed by atoms with Gasteiger partial charge in [-0.1, -0.05) is 20.8 Å². The molecule has 0 saturated heterocycles. The Morgan fingerprint density at radius 2 is 1.79 bits per heavy atom. The van der Waals surface area contributed by atoms with Crippen LogP contribution in [0.5, 0.6) is 0 Å². The van der Waals surface area contributed by atoms with E-state index in [0.29, 0.717) is 23.8 Å². The Balaban J connectivity index is 2.82. The lowest BCUT2D eigenvalue weighted by atomic mass is 10.0. The number of hydrogen-bond donors (Lipinski definition) is 2. The van der Waals surface area contributed by atoms with Gasteiger partial charge in [0, 0.05) is 18.3 Å². The molecule has 0 aliphatic rings. The van der Waals surface area contributed by atoms with E-state index >= 15 is 0 Å². The summed E-state index contributed by atoms with van der Waals surface area (Å²) in [4.78, 5) is 0.383. The van der Waals surface area contributed by atoms with E-state index < -0.39 is 9.84 Å². The van der Waals surface area contributed by atoms with Crippen molar-refractivity contribution in [1.29, 1.82) is 0 Å². The van der Waals surface area contributed by atoms with Gasteiger partial charge in [0.15, 0.2) is 9.84 Å². The van der Waals surface area contributed by atoms with Crippen molar-refractivity contribution >= 4 is 15.5 Å². The Morgan fingerprint density at radius 3 is 2.21 bits per heavy atom. The predicted molar refractivity (Wildman–Crippen MR) is 80.1 cm³/mol. The fraction of sp³-hybridized carbons (Fsp3) is 0.571. The topological polar surface area (TPSA) is 72.2 Å². The van der Waals surface area contributed by atoms with Crippen LogP contribution >= 0.6 is 0 Å². The summed E-state index contributed by atoms with van der Waals surface area (Å²) in [5.41, 5.74) is 6.60. The van der Waals surface area contributed by atoms with Crippen molar-refractivity contribution in [2.24, 2.45) is 11.7 Å². The Bertz CT molecular complexity index is 481. The number of sulfone groups is 1. The Hall–Kier alpha value is -1.07. The van der Waals surface area contributed by atoms with Crippen LogP contribution in [0.1, 0.15) is 27.2 Å². The smallest absolute Gasteiger partial charge is 0.178 e. The van der Waals surface area contributed by atoms with E-state index in [1.165, 1.54) is 0 Å². The highest BCUT2D eigenvalue weighted by atomic mass is 32.2. The van der Waals surface area contributed by atoms with Crippen LogP contribution < -0.4 is 11.1 Å². The van der Waals surface area contributed by atoms with E-state index in [1.54, 1.807) is 24.3 Å². The number of nitrogens with two attached hydrogens (primary N) is 1. The maximum atomic E-state index is 11.9. The molecular formula is C14H24N2O2S. The maximum Gasteiger partial charge on any atom is 0.178 e. The van der Waals surface area contributed by atoms with Gasteiger partial charge in [-0.05, 0) is 36.6 Å². The van der Waals surface area contributed by atoms with Gasteiger partial charge in [0.2, 0.25) is 0 Å². The molecule has 1 aromatic carbocycles. The van der Waals surface area contributed by atoms with Gasteiger partial charge in [-0.15, -0.1) is 0 Å². The number of nitrogens with one attached hydrogen (secondary N) is 1. The first-order valence-corrected chi connectivity index (χ1v) is 8.35. The zero-order valence-corrected chi connectivity index (χ0v) is 12.7. The first-order chi connectivity index (χ1) is 8.90. The molecule has 19 heavy (non-hydrogen) atoms. The van der Waals surface area contributed by atoms with Gasteiger partial charge < -0.3 is 11.1 Å². The van der Waals surface area contributed by atoms with Crippen LogP contribution in [0.15, 0.2) is 29.2 Å². The highest BCUT2D eigenvalue weighted by molar-refractivity contribution is 7.91. The monoisotopic (exact) mass is 284 g/mol. The van der Waals surface area contributed by atoms with Crippen molar-refractivity contribution in [2.45, 2.75) is 38.1 Å². The summed E-state index contributed by atoms with van der Waals surface area (Å²) in [5, 5.41) is 3.32. The molecule has 4 nitrogen and oxygen atoms in total. The molecule has 0 fully saturated rings. The lowest BCUT2D eigenvalue weighted by Gasteiger charge is -2.21. The third kappa shape index (κ3) is 4.51. The number of benzene rings is 1. The average Bonchev–Trinajstić information content (AvgIpc) is 2.36. The molecule has 1 atom stereocenters. The zero-order chi connectivity index (χ0) is 14.5. The second-order valence-electron chi connectivity index (χ2n) is 5.07. The van der Waals surface area contributed by atoms with Crippen LogP contribution in [-0.2, 0) is 9.84 Å². The minimum Gasteiger partial charge on any atom is -0.381 e. The van der Waals surface area contributed by atoms with Gasteiger partial charge in [-0.2, -0.15) is 0 Å². The first kappa shape index (κ1) is 16.0. The molecule has 5 heteroatoms. The number of hydrogen-bond acceptors (Lipinski definition) is 4. The molecule has 1 aromatic rings. The standard InChI is InChI=1S/C14H24N2O2S/c1-4-9-19(17,18)13-7-5-12(6-8-13)16-14(10-15)11(2)3/h5-8,11,14,16H,4,9-10,15H2,1-3H3. The summed E-state index contributed by atoms with van der Waals surface area (Å²) < 4.78 is 23.8. The van der Waals surface area contributed by atoms with Gasteiger partial charge in [0.05, 0.1) is 10.6 Å². The fourth-order valence-corrected chi connectivity index (χ4v) is 3.18. The molecule has 0 saturated carbocycles. The summed E-state index contributed by atoms with van der Waals surface area (Å²) >= 11 is 0. The Morgan fingerprint density at radius 1 is 1.21 bits per heavy atom. The summed E-state index contributed by atoms with van der Waals surface area (Å²) in [6.07, 6.45) is 0.630. The van der Waals surface area contributed by atoms with Gasteiger partial charge in [-0.25, -0.2) is 8.42 Å². The quantitative estimate of drug-likeness (QED) is 0.805. The van der Waals surface area contributed by atoms with Crippen LogP contribution in [0.2, 0.25) is 0 Å². The third-order valence-corrected chi connectivity index (χ3v) is 5.03. The third-order valence-electron chi connectivity index (χ3n) is 3.10. The summed E-state index contributed by atoms with van der Waals surface area (Å²) in [6, 6.07) is 7.10. The molecule has 0 spiro atoms. The van der Waals surface area contributed by atoms with E-state index in [4.69, 9.17) is 5.73 Å². The molecule has 0 amide bonds. The summed E-state index contributed by atoms with van der Waals surface area (Å²) in [7, 11) is -3.13. The molecule has 1 unspecified atom stereocenters. The van der Waals surface area contributed by atoms with Gasteiger partial charge in [-0.3, -0.25) is 0 Å². The molecule has 0 radical (unpaired) electrons. The van der Waals surface area contributed by atoms with Crippen LogP contribution in [0.3, 0.4) is 0 Å². The molecule has 0 bridgehead atoms. The Kier molecular flexibility index (Phi) is 5.82. The van der Waals surface area contributed by atoms with Gasteiger partial charge in [0.1, 0.15) is 0 Å². The van der Waals surface area contributed by atoms with E-state index in [9.17, 15) is 8.42 Å². The predicted octanol–water partition coefficient (Wildman–Crippen LogP) is 2.27. The van der Waals surface area contributed by atoms with Crippen molar-refractivity contribution in [3.63, 3.8) is 0 Å². The molecule has 0 aromatic heterocycles. The average molecular weight is 284 g/mol. The molecule has 1 rings (SSSR count).